The first-order chi connectivity index (χ1) is 15.7. The molecular formula is C22H27N3O8. The van der Waals surface area contributed by atoms with Crippen molar-refractivity contribution in [3.8, 4) is 5.75 Å². The number of rotatable bonds is 10. The number of para-hydroxylation sites is 2. The molecule has 0 spiro atoms. The van der Waals surface area contributed by atoms with E-state index in [0.717, 1.165) is 5.69 Å². The van der Waals surface area contributed by atoms with Crippen LogP contribution < -0.4 is 20.7 Å². The quantitative estimate of drug-likeness (QED) is 0.172. The molecule has 0 heterocycles. The van der Waals surface area contributed by atoms with Gasteiger partial charge in [0.05, 0.1) is 5.56 Å². The van der Waals surface area contributed by atoms with Crippen LogP contribution in [0.4, 0.5) is 10.5 Å². The summed E-state index contributed by atoms with van der Waals surface area (Å²) in [5, 5.41) is 33.2. The summed E-state index contributed by atoms with van der Waals surface area (Å²) < 4.78 is 5.53. The van der Waals surface area contributed by atoms with E-state index in [4.69, 9.17) is 24.5 Å². The van der Waals surface area contributed by atoms with Crippen molar-refractivity contribution in [2.45, 2.75) is 13.0 Å². The fourth-order valence-electron chi connectivity index (χ4n) is 2.36. The topological polar surface area (TPSA) is 174 Å². The Labute approximate surface area is 190 Å². The normalized spacial score (nSPS) is 10.7. The van der Waals surface area contributed by atoms with Crippen LogP contribution in [-0.2, 0) is 9.59 Å². The molecule has 178 valence electrons. The molecule has 0 saturated carbocycles. The van der Waals surface area contributed by atoms with Gasteiger partial charge in [0.1, 0.15) is 18.5 Å². The van der Waals surface area contributed by atoms with Crippen LogP contribution in [0.2, 0.25) is 0 Å². The van der Waals surface area contributed by atoms with Crippen molar-refractivity contribution in [2.24, 2.45) is 0 Å². The molecule has 0 aliphatic rings. The van der Waals surface area contributed by atoms with Crippen LogP contribution >= 0.6 is 0 Å². The van der Waals surface area contributed by atoms with E-state index in [1.165, 1.54) is 6.92 Å². The number of carbonyl (C=O) groups is 4. The Hall–Kier alpha value is -3.96. The molecule has 11 heteroatoms. The lowest BCUT2D eigenvalue weighted by Crippen LogP contribution is -2.38. The Morgan fingerprint density at radius 3 is 2.12 bits per heavy atom. The van der Waals surface area contributed by atoms with Crippen LogP contribution in [0.15, 0.2) is 54.6 Å². The van der Waals surface area contributed by atoms with Crippen molar-refractivity contribution in [3.05, 3.63) is 60.2 Å². The van der Waals surface area contributed by atoms with Gasteiger partial charge >= 0.3 is 18.0 Å². The number of urea groups is 1. The monoisotopic (exact) mass is 461 g/mol. The van der Waals surface area contributed by atoms with Gasteiger partial charge in [-0.05, 0) is 31.2 Å². The third-order valence-electron chi connectivity index (χ3n) is 3.88. The Morgan fingerprint density at radius 1 is 0.909 bits per heavy atom. The molecule has 2 amide bonds. The summed E-state index contributed by atoms with van der Waals surface area (Å²) in [6.45, 7) is 2.77. The number of aliphatic carboxylic acids is 2. The van der Waals surface area contributed by atoms with Crippen LogP contribution in [0, 0.1) is 0 Å². The van der Waals surface area contributed by atoms with Gasteiger partial charge < -0.3 is 36.0 Å². The standard InChI is InChI=1S/C20H25N3O4.C2H2O4/c1-15(24)18-9-5-6-10-19(18)27-14-17(25)13-21-11-12-22-20(26)23-16-7-3-2-4-8-16;3-1(4)2(5)6/h2-10,17,21,25H,11-14H2,1H3,(H2,22,23,26);(H,3,4)(H,5,6). The summed E-state index contributed by atoms with van der Waals surface area (Å²) in [5.74, 6) is -3.27. The number of aliphatic hydroxyl groups excluding tert-OH is 1. The molecule has 0 radical (unpaired) electrons. The molecule has 0 fully saturated rings. The van der Waals surface area contributed by atoms with Crippen molar-refractivity contribution in [1.29, 1.82) is 0 Å². The number of carboxylic acids is 2. The van der Waals surface area contributed by atoms with E-state index in [-0.39, 0.29) is 18.4 Å². The van der Waals surface area contributed by atoms with Gasteiger partial charge in [0.15, 0.2) is 5.78 Å². The number of Topliss-reactive ketones (excluding diaryl/α,β-unsaturated/α-hetero) is 1. The average Bonchev–Trinajstić information content (AvgIpc) is 2.78. The maximum absolute atomic E-state index is 11.7. The van der Waals surface area contributed by atoms with Crippen molar-refractivity contribution in [2.75, 3.05) is 31.6 Å². The van der Waals surface area contributed by atoms with Gasteiger partial charge in [-0.1, -0.05) is 30.3 Å². The van der Waals surface area contributed by atoms with Gasteiger partial charge in [0.25, 0.3) is 0 Å². The van der Waals surface area contributed by atoms with Crippen molar-refractivity contribution in [3.63, 3.8) is 0 Å². The van der Waals surface area contributed by atoms with E-state index in [1.54, 1.807) is 36.4 Å². The lowest BCUT2D eigenvalue weighted by molar-refractivity contribution is -0.159. The number of hydrogen-bond acceptors (Lipinski definition) is 7. The number of nitrogens with one attached hydrogen (secondary N) is 3. The predicted molar refractivity (Wildman–Crippen MR) is 120 cm³/mol. The molecule has 2 rings (SSSR count). The molecule has 2 aromatic rings. The van der Waals surface area contributed by atoms with E-state index in [9.17, 15) is 14.7 Å². The second-order valence-corrected chi connectivity index (χ2v) is 6.58. The first kappa shape index (κ1) is 27.1. The Balaban J connectivity index is 0.000000801. The highest BCUT2D eigenvalue weighted by molar-refractivity contribution is 6.27. The summed E-state index contributed by atoms with van der Waals surface area (Å²) in [4.78, 5) is 41.4. The van der Waals surface area contributed by atoms with E-state index < -0.39 is 18.0 Å². The smallest absolute Gasteiger partial charge is 0.414 e. The minimum absolute atomic E-state index is 0.0687. The summed E-state index contributed by atoms with van der Waals surface area (Å²) >= 11 is 0. The van der Waals surface area contributed by atoms with Crippen molar-refractivity contribution < 1.29 is 39.2 Å². The fraction of sp³-hybridized carbons (Fsp3) is 0.273. The number of carbonyl (C=O) groups excluding carboxylic acids is 2. The maximum Gasteiger partial charge on any atom is 0.414 e. The van der Waals surface area contributed by atoms with Crippen LogP contribution in [0.3, 0.4) is 0 Å². The minimum Gasteiger partial charge on any atom is -0.490 e. The molecule has 1 unspecified atom stereocenters. The third kappa shape index (κ3) is 11.9. The summed E-state index contributed by atoms with van der Waals surface area (Å²) in [5.41, 5.74) is 1.22. The SMILES string of the molecule is CC(=O)c1ccccc1OCC(O)CNCCNC(=O)Nc1ccccc1.O=C(O)C(=O)O. The van der Waals surface area contributed by atoms with Gasteiger partial charge in [0.2, 0.25) is 0 Å². The molecule has 0 aromatic heterocycles. The number of benzene rings is 2. The molecule has 0 bridgehead atoms. The number of hydrogen-bond donors (Lipinski definition) is 6. The van der Waals surface area contributed by atoms with E-state index >= 15 is 0 Å². The van der Waals surface area contributed by atoms with Crippen LogP contribution in [0.25, 0.3) is 0 Å². The number of amides is 2. The van der Waals surface area contributed by atoms with Crippen LogP contribution in [0.1, 0.15) is 17.3 Å². The van der Waals surface area contributed by atoms with Gasteiger partial charge in [-0.3, -0.25) is 4.79 Å². The number of ether oxygens (including phenoxy) is 1. The largest absolute Gasteiger partial charge is 0.490 e. The summed E-state index contributed by atoms with van der Waals surface area (Å²) in [6.07, 6.45) is -0.733. The second kappa shape index (κ2) is 14.9. The Bertz CT molecular complexity index is 909. The number of ketones is 1. The summed E-state index contributed by atoms with van der Waals surface area (Å²) in [7, 11) is 0. The first-order valence-electron chi connectivity index (χ1n) is 9.88. The first-order valence-corrected chi connectivity index (χ1v) is 9.88. The van der Waals surface area contributed by atoms with Crippen molar-refractivity contribution >= 4 is 29.4 Å². The number of carboxylic acid groups (broad SMARTS) is 2. The Kier molecular flexibility index (Phi) is 12.3. The molecule has 2 aromatic carbocycles. The van der Waals surface area contributed by atoms with E-state index in [0.29, 0.717) is 30.9 Å². The predicted octanol–water partition coefficient (Wildman–Crippen LogP) is 1.20. The van der Waals surface area contributed by atoms with E-state index in [2.05, 4.69) is 16.0 Å². The molecule has 33 heavy (non-hydrogen) atoms. The average molecular weight is 461 g/mol. The van der Waals surface area contributed by atoms with E-state index in [1.807, 2.05) is 18.2 Å². The molecule has 11 nitrogen and oxygen atoms in total. The second-order valence-electron chi connectivity index (χ2n) is 6.58. The molecule has 0 aliphatic carbocycles. The van der Waals surface area contributed by atoms with Gasteiger partial charge in [0, 0.05) is 25.3 Å². The van der Waals surface area contributed by atoms with Gasteiger partial charge in [-0.25, -0.2) is 14.4 Å². The zero-order valence-electron chi connectivity index (χ0n) is 18.0. The number of aliphatic hydroxyl groups is 1. The minimum atomic E-state index is -1.82. The maximum atomic E-state index is 11.7. The molecule has 1 atom stereocenters. The number of anilines is 1. The highest BCUT2D eigenvalue weighted by Crippen LogP contribution is 2.18. The van der Waals surface area contributed by atoms with Crippen molar-refractivity contribution in [1.82, 2.24) is 10.6 Å². The zero-order chi connectivity index (χ0) is 24.6. The molecule has 0 saturated heterocycles. The summed E-state index contributed by atoms with van der Waals surface area (Å²) in [6, 6.07) is 15.8. The van der Waals surface area contributed by atoms with Crippen LogP contribution in [-0.4, -0.2) is 71.4 Å². The Morgan fingerprint density at radius 2 is 1.52 bits per heavy atom. The van der Waals surface area contributed by atoms with Crippen LogP contribution in [0.5, 0.6) is 5.75 Å². The van der Waals surface area contributed by atoms with Gasteiger partial charge in [-0.2, -0.15) is 0 Å². The molecule has 0 aliphatic heterocycles. The highest BCUT2D eigenvalue weighted by Gasteiger charge is 2.10. The fourth-order valence-corrected chi connectivity index (χ4v) is 2.36. The molecule has 6 N–H and O–H groups in total. The lowest BCUT2D eigenvalue weighted by Gasteiger charge is -2.15. The highest BCUT2D eigenvalue weighted by atomic mass is 16.5. The zero-order valence-corrected chi connectivity index (χ0v) is 18.0. The molecular weight excluding hydrogens is 434 g/mol. The lowest BCUT2D eigenvalue weighted by atomic mass is 10.1. The van der Waals surface area contributed by atoms with Gasteiger partial charge in [-0.15, -0.1) is 0 Å². The third-order valence-corrected chi connectivity index (χ3v) is 3.88.